The number of nitrogens with zero attached hydrogens (tertiary/aromatic N) is 1. The molecule has 0 N–H and O–H groups in total. The van der Waals surface area contributed by atoms with Gasteiger partial charge in [0.1, 0.15) is 5.78 Å². The van der Waals surface area contributed by atoms with E-state index in [-0.39, 0.29) is 5.78 Å². The van der Waals surface area contributed by atoms with Crippen molar-refractivity contribution in [1.82, 2.24) is 0 Å². The zero-order valence-electron chi connectivity index (χ0n) is 14.4. The van der Waals surface area contributed by atoms with Gasteiger partial charge < -0.3 is 0 Å². The third-order valence-corrected chi connectivity index (χ3v) is 3.82. The summed E-state index contributed by atoms with van der Waals surface area (Å²) in [6.07, 6.45) is 1.90. The van der Waals surface area contributed by atoms with Gasteiger partial charge in [-0.2, -0.15) is 0 Å². The average Bonchev–Trinajstić information content (AvgIpc) is 2.45. The molecule has 0 saturated carbocycles. The molecule has 0 aliphatic rings. The lowest BCUT2D eigenvalue weighted by Crippen LogP contribution is -2.06. The molecular weight excluding hydrogens is 258 g/mol. The van der Waals surface area contributed by atoms with Gasteiger partial charge in [0.2, 0.25) is 0 Å². The van der Waals surface area contributed by atoms with Crippen LogP contribution in [0.25, 0.3) is 0 Å². The van der Waals surface area contributed by atoms with Crippen LogP contribution in [0.5, 0.6) is 0 Å². The third kappa shape index (κ3) is 4.80. The minimum Gasteiger partial charge on any atom is -0.299 e. The molecule has 0 atom stereocenters. The quantitative estimate of drug-likeness (QED) is 0.584. The maximum Gasteiger partial charge on any atom is 0.138 e. The molecule has 1 aromatic rings. The van der Waals surface area contributed by atoms with E-state index < -0.39 is 0 Å². The Morgan fingerprint density at radius 3 is 1.90 bits per heavy atom. The smallest absolute Gasteiger partial charge is 0.138 e. The lowest BCUT2D eigenvalue weighted by molar-refractivity contribution is -0.117. The second-order valence-corrected chi connectivity index (χ2v) is 6.20. The summed E-state index contributed by atoms with van der Waals surface area (Å²) >= 11 is 0. The molecule has 0 unspecified atom stereocenters. The maximum absolute atomic E-state index is 11.7. The highest BCUT2D eigenvalue weighted by molar-refractivity contribution is 6.02. The fourth-order valence-electron chi connectivity index (χ4n) is 2.40. The van der Waals surface area contributed by atoms with Gasteiger partial charge in [-0.1, -0.05) is 59.7 Å². The summed E-state index contributed by atoms with van der Waals surface area (Å²) in [6, 6.07) is 6.43. The predicted molar refractivity (Wildman–Crippen MR) is 91.9 cm³/mol. The first-order chi connectivity index (χ1) is 9.90. The van der Waals surface area contributed by atoms with Gasteiger partial charge in [0, 0.05) is 18.6 Å². The van der Waals surface area contributed by atoms with Crippen molar-refractivity contribution in [2.75, 3.05) is 0 Å². The molecule has 0 aromatic heterocycles. The lowest BCUT2D eigenvalue weighted by Gasteiger charge is -2.17. The van der Waals surface area contributed by atoms with Gasteiger partial charge in [-0.05, 0) is 29.4 Å². The van der Waals surface area contributed by atoms with E-state index in [9.17, 15) is 4.79 Å². The van der Waals surface area contributed by atoms with Crippen molar-refractivity contribution in [2.24, 2.45) is 4.99 Å². The van der Waals surface area contributed by atoms with Crippen LogP contribution in [0.4, 0.5) is 5.69 Å². The van der Waals surface area contributed by atoms with Gasteiger partial charge >= 0.3 is 0 Å². The highest BCUT2D eigenvalue weighted by Crippen LogP contribution is 2.35. The number of para-hydroxylation sites is 1. The Morgan fingerprint density at radius 2 is 1.52 bits per heavy atom. The summed E-state index contributed by atoms with van der Waals surface area (Å²) in [4.78, 5) is 16.6. The van der Waals surface area contributed by atoms with Crippen LogP contribution in [0, 0.1) is 0 Å². The number of hydrogen-bond acceptors (Lipinski definition) is 2. The van der Waals surface area contributed by atoms with Crippen molar-refractivity contribution in [1.29, 1.82) is 0 Å². The molecule has 0 spiro atoms. The van der Waals surface area contributed by atoms with E-state index in [1.807, 2.05) is 6.92 Å². The maximum atomic E-state index is 11.7. The highest BCUT2D eigenvalue weighted by Gasteiger charge is 2.14. The van der Waals surface area contributed by atoms with Crippen LogP contribution in [0.3, 0.4) is 0 Å². The van der Waals surface area contributed by atoms with E-state index in [0.29, 0.717) is 24.7 Å². The number of Topliss-reactive ketones (excluding diaryl/α,β-unsaturated/α-hetero) is 1. The fourth-order valence-corrected chi connectivity index (χ4v) is 2.40. The van der Waals surface area contributed by atoms with Crippen LogP contribution in [0.1, 0.15) is 83.8 Å². The molecule has 1 rings (SSSR count). The number of aliphatic imine (C=N–C) groups is 1. The molecule has 0 fully saturated rings. The molecule has 21 heavy (non-hydrogen) atoms. The summed E-state index contributed by atoms with van der Waals surface area (Å²) in [5.74, 6) is 1.13. The highest BCUT2D eigenvalue weighted by atomic mass is 16.1. The minimum atomic E-state index is 0.267. The Hall–Kier alpha value is -1.44. The van der Waals surface area contributed by atoms with Crippen LogP contribution in [-0.2, 0) is 4.79 Å². The van der Waals surface area contributed by atoms with Crippen molar-refractivity contribution < 1.29 is 4.79 Å². The molecule has 2 nitrogen and oxygen atoms in total. The van der Waals surface area contributed by atoms with Crippen LogP contribution in [0.2, 0.25) is 0 Å². The Labute approximate surface area is 129 Å². The van der Waals surface area contributed by atoms with E-state index in [1.165, 1.54) is 11.1 Å². The first-order valence-corrected chi connectivity index (χ1v) is 8.11. The van der Waals surface area contributed by atoms with Gasteiger partial charge in [0.15, 0.2) is 0 Å². The van der Waals surface area contributed by atoms with Crippen molar-refractivity contribution in [3.05, 3.63) is 29.3 Å². The zero-order valence-corrected chi connectivity index (χ0v) is 14.4. The van der Waals surface area contributed by atoms with E-state index in [1.54, 1.807) is 0 Å². The van der Waals surface area contributed by atoms with E-state index in [4.69, 9.17) is 4.99 Å². The zero-order chi connectivity index (χ0) is 16.0. The summed E-state index contributed by atoms with van der Waals surface area (Å²) < 4.78 is 0. The number of benzene rings is 1. The second kappa shape index (κ2) is 8.11. The standard InChI is InChI=1S/C19H29NO/c1-7-15(12-16(21)8-2)20-19-17(13(3)4)10-9-11-18(19)14(5)6/h9-11,13-14H,7-8,12H2,1-6H3. The lowest BCUT2D eigenvalue weighted by atomic mass is 9.92. The van der Waals surface area contributed by atoms with Gasteiger partial charge in [0.05, 0.1) is 5.69 Å². The molecule has 0 aliphatic carbocycles. The number of carbonyl (C=O) groups excluding carboxylic acids is 1. The summed E-state index contributed by atoms with van der Waals surface area (Å²) in [6.45, 7) is 12.8. The summed E-state index contributed by atoms with van der Waals surface area (Å²) in [7, 11) is 0. The molecule has 2 heteroatoms. The Bertz CT molecular complexity index is 486. The van der Waals surface area contributed by atoms with Crippen LogP contribution < -0.4 is 0 Å². The average molecular weight is 287 g/mol. The van der Waals surface area contributed by atoms with Crippen LogP contribution in [0.15, 0.2) is 23.2 Å². The van der Waals surface area contributed by atoms with E-state index in [0.717, 1.165) is 17.8 Å². The van der Waals surface area contributed by atoms with Crippen molar-refractivity contribution in [3.63, 3.8) is 0 Å². The summed E-state index contributed by atoms with van der Waals surface area (Å²) in [5.41, 5.74) is 4.63. The van der Waals surface area contributed by atoms with Gasteiger partial charge in [-0.15, -0.1) is 0 Å². The number of hydrogen-bond donors (Lipinski definition) is 0. The largest absolute Gasteiger partial charge is 0.299 e. The molecular formula is C19H29NO. The van der Waals surface area contributed by atoms with Gasteiger partial charge in [-0.3, -0.25) is 9.79 Å². The third-order valence-electron chi connectivity index (χ3n) is 3.82. The molecule has 0 amide bonds. The number of ketones is 1. The van der Waals surface area contributed by atoms with Gasteiger partial charge in [-0.25, -0.2) is 0 Å². The van der Waals surface area contributed by atoms with Crippen molar-refractivity contribution >= 4 is 17.2 Å². The summed E-state index contributed by atoms with van der Waals surface area (Å²) in [5, 5.41) is 0. The normalized spacial score (nSPS) is 12.3. The van der Waals surface area contributed by atoms with Crippen LogP contribution >= 0.6 is 0 Å². The molecule has 1 aromatic carbocycles. The molecule has 0 heterocycles. The minimum absolute atomic E-state index is 0.267. The second-order valence-electron chi connectivity index (χ2n) is 6.20. The van der Waals surface area contributed by atoms with Crippen LogP contribution in [-0.4, -0.2) is 11.5 Å². The topological polar surface area (TPSA) is 29.4 Å². The number of rotatable bonds is 7. The first-order valence-electron chi connectivity index (χ1n) is 8.11. The Kier molecular flexibility index (Phi) is 6.80. The number of carbonyl (C=O) groups is 1. The monoisotopic (exact) mass is 287 g/mol. The van der Waals surface area contributed by atoms with Crippen molar-refractivity contribution in [3.8, 4) is 0 Å². The Balaban J connectivity index is 3.34. The molecule has 116 valence electrons. The Morgan fingerprint density at radius 1 is 1.00 bits per heavy atom. The first kappa shape index (κ1) is 17.6. The molecule has 0 bridgehead atoms. The predicted octanol–water partition coefficient (Wildman–Crippen LogP) is 5.79. The van der Waals surface area contributed by atoms with E-state index >= 15 is 0 Å². The van der Waals surface area contributed by atoms with Gasteiger partial charge in [0.25, 0.3) is 0 Å². The molecule has 0 aliphatic heterocycles. The van der Waals surface area contributed by atoms with E-state index in [2.05, 4.69) is 52.8 Å². The fraction of sp³-hybridized carbons (Fsp3) is 0.579. The molecule has 0 radical (unpaired) electrons. The van der Waals surface area contributed by atoms with Crippen molar-refractivity contribution in [2.45, 2.75) is 72.6 Å². The SMILES string of the molecule is CCC(=O)CC(CC)=Nc1c(C(C)C)cccc1C(C)C. The molecule has 0 saturated heterocycles.